The lowest BCUT2D eigenvalue weighted by atomic mass is 10.2. The van der Waals surface area contributed by atoms with E-state index in [9.17, 15) is 14.9 Å². The van der Waals surface area contributed by atoms with Crippen LogP contribution in [0.1, 0.15) is 26.2 Å². The number of benzene rings is 1. The molecular formula is C12H16N4O3. The van der Waals surface area contributed by atoms with Crippen LogP contribution in [-0.4, -0.2) is 16.8 Å². The Morgan fingerprint density at radius 2 is 2.05 bits per heavy atom. The van der Waals surface area contributed by atoms with E-state index in [0.717, 1.165) is 12.8 Å². The summed E-state index contributed by atoms with van der Waals surface area (Å²) in [6, 6.07) is 4.91. The molecular weight excluding hydrogens is 248 g/mol. The Morgan fingerprint density at radius 3 is 2.58 bits per heavy atom. The molecule has 0 saturated carbocycles. The van der Waals surface area contributed by atoms with E-state index in [1.54, 1.807) is 0 Å². The maximum absolute atomic E-state index is 11.5. The molecule has 2 amide bonds. The second kappa shape index (κ2) is 7.10. The van der Waals surface area contributed by atoms with Crippen LogP contribution in [0.15, 0.2) is 29.3 Å². The molecule has 0 aliphatic heterocycles. The number of amides is 2. The minimum Gasteiger partial charge on any atom is -0.387 e. The van der Waals surface area contributed by atoms with Gasteiger partial charge in [-0.1, -0.05) is 13.3 Å². The minimum absolute atomic E-state index is 0.0380. The van der Waals surface area contributed by atoms with Crippen LogP contribution in [-0.2, 0) is 0 Å². The van der Waals surface area contributed by atoms with Crippen LogP contribution in [0.2, 0.25) is 0 Å². The molecule has 19 heavy (non-hydrogen) atoms. The highest BCUT2D eigenvalue weighted by molar-refractivity contribution is 5.99. The number of nitro benzene ring substituents is 1. The molecule has 0 radical (unpaired) electrons. The van der Waals surface area contributed by atoms with Crippen molar-refractivity contribution in [1.29, 1.82) is 0 Å². The van der Waals surface area contributed by atoms with Gasteiger partial charge in [0.25, 0.3) is 5.69 Å². The van der Waals surface area contributed by atoms with E-state index in [1.807, 2.05) is 6.92 Å². The number of aliphatic imine (C=N–C) groups is 1. The smallest absolute Gasteiger partial charge is 0.347 e. The number of amidine groups is 1. The van der Waals surface area contributed by atoms with Crippen LogP contribution < -0.4 is 11.1 Å². The predicted molar refractivity (Wildman–Crippen MR) is 73.3 cm³/mol. The highest BCUT2D eigenvalue weighted by Crippen LogP contribution is 2.15. The summed E-state index contributed by atoms with van der Waals surface area (Å²) in [5, 5.41) is 12.9. The summed E-state index contributed by atoms with van der Waals surface area (Å²) in [5.74, 6) is 0.279. The summed E-state index contributed by atoms with van der Waals surface area (Å²) < 4.78 is 0. The first kappa shape index (κ1) is 14.6. The monoisotopic (exact) mass is 264 g/mol. The predicted octanol–water partition coefficient (Wildman–Crippen LogP) is 2.67. The number of carbonyl (C=O) groups is 1. The van der Waals surface area contributed by atoms with Crippen LogP contribution >= 0.6 is 0 Å². The summed E-state index contributed by atoms with van der Waals surface area (Å²) in [4.78, 5) is 25.1. The first-order valence-corrected chi connectivity index (χ1v) is 5.91. The Kier molecular flexibility index (Phi) is 5.46. The molecule has 0 bridgehead atoms. The zero-order chi connectivity index (χ0) is 14.3. The molecule has 3 N–H and O–H groups in total. The van der Waals surface area contributed by atoms with Crippen molar-refractivity contribution >= 4 is 23.2 Å². The Hall–Kier alpha value is -2.44. The molecule has 0 aliphatic carbocycles. The second-order valence-electron chi connectivity index (χ2n) is 3.94. The lowest BCUT2D eigenvalue weighted by Gasteiger charge is -2.02. The van der Waals surface area contributed by atoms with Crippen molar-refractivity contribution in [2.24, 2.45) is 10.7 Å². The zero-order valence-corrected chi connectivity index (χ0v) is 10.6. The topological polar surface area (TPSA) is 111 Å². The lowest BCUT2D eigenvalue weighted by molar-refractivity contribution is -0.384. The fourth-order valence-electron chi connectivity index (χ4n) is 1.36. The maximum atomic E-state index is 11.5. The molecule has 1 aromatic carbocycles. The van der Waals surface area contributed by atoms with Crippen molar-refractivity contribution in [3.63, 3.8) is 0 Å². The minimum atomic E-state index is -0.581. The van der Waals surface area contributed by atoms with Gasteiger partial charge in [0.1, 0.15) is 5.84 Å². The van der Waals surface area contributed by atoms with Gasteiger partial charge in [-0.3, -0.25) is 10.1 Å². The number of rotatable bonds is 5. The van der Waals surface area contributed by atoms with Crippen molar-refractivity contribution in [3.05, 3.63) is 34.4 Å². The Bertz CT molecular complexity index is 482. The van der Waals surface area contributed by atoms with E-state index in [2.05, 4.69) is 10.3 Å². The molecule has 0 fully saturated rings. The molecule has 102 valence electrons. The highest BCUT2D eigenvalue weighted by Gasteiger charge is 2.06. The van der Waals surface area contributed by atoms with Crippen LogP contribution in [0.4, 0.5) is 16.2 Å². The van der Waals surface area contributed by atoms with Crippen LogP contribution in [0.3, 0.4) is 0 Å². The molecule has 0 atom stereocenters. The van der Waals surface area contributed by atoms with Crippen molar-refractivity contribution in [1.82, 2.24) is 0 Å². The third kappa shape index (κ3) is 5.15. The quantitative estimate of drug-likeness (QED) is 0.368. The number of non-ortho nitro benzene ring substituents is 1. The Labute approximate surface area is 110 Å². The van der Waals surface area contributed by atoms with Crippen LogP contribution in [0.25, 0.3) is 0 Å². The summed E-state index contributed by atoms with van der Waals surface area (Å²) in [7, 11) is 0. The second-order valence-corrected chi connectivity index (χ2v) is 3.94. The van der Waals surface area contributed by atoms with Gasteiger partial charge in [0.05, 0.1) is 4.92 Å². The number of hydrogen-bond acceptors (Lipinski definition) is 3. The number of nitro groups is 1. The number of nitrogens with one attached hydrogen (secondary N) is 1. The third-order valence-corrected chi connectivity index (χ3v) is 2.36. The third-order valence-electron chi connectivity index (χ3n) is 2.36. The van der Waals surface area contributed by atoms with Crippen molar-refractivity contribution < 1.29 is 9.72 Å². The van der Waals surface area contributed by atoms with E-state index in [1.165, 1.54) is 24.3 Å². The molecule has 7 nitrogen and oxygen atoms in total. The van der Waals surface area contributed by atoms with Crippen molar-refractivity contribution in [3.8, 4) is 0 Å². The van der Waals surface area contributed by atoms with Gasteiger partial charge in [-0.15, -0.1) is 0 Å². The first-order chi connectivity index (χ1) is 9.02. The van der Waals surface area contributed by atoms with Gasteiger partial charge in [0.15, 0.2) is 0 Å². The molecule has 0 heterocycles. The van der Waals surface area contributed by atoms with Gasteiger partial charge in [-0.05, 0) is 18.6 Å². The number of hydrogen-bond donors (Lipinski definition) is 2. The Morgan fingerprint density at radius 1 is 1.42 bits per heavy atom. The molecule has 7 heteroatoms. The maximum Gasteiger partial charge on any atom is 0.347 e. The number of anilines is 1. The lowest BCUT2D eigenvalue weighted by Crippen LogP contribution is -2.17. The van der Waals surface area contributed by atoms with Gasteiger partial charge in [-0.25, -0.2) is 4.79 Å². The number of urea groups is 1. The van der Waals surface area contributed by atoms with E-state index in [4.69, 9.17) is 5.73 Å². The number of carbonyl (C=O) groups excluding carboxylic acids is 1. The summed E-state index contributed by atoms with van der Waals surface area (Å²) in [5.41, 5.74) is 5.97. The molecule has 0 unspecified atom stereocenters. The average Bonchev–Trinajstić information content (AvgIpc) is 2.36. The van der Waals surface area contributed by atoms with Crippen molar-refractivity contribution in [2.75, 3.05) is 5.32 Å². The molecule has 1 aromatic rings. The van der Waals surface area contributed by atoms with Crippen LogP contribution in [0, 0.1) is 10.1 Å². The first-order valence-electron chi connectivity index (χ1n) is 5.91. The van der Waals surface area contributed by atoms with Gasteiger partial charge in [-0.2, -0.15) is 4.99 Å². The normalized spacial score (nSPS) is 11.1. The fraction of sp³-hybridized carbons (Fsp3) is 0.333. The standard InChI is InChI=1S/C12H16N4O3/c1-2-3-4-11(13)15-12(17)14-9-5-7-10(8-6-9)16(18)19/h5-8H,2-4H2,1H3,(H3,13,14,15,17). The Balaban J connectivity index is 2.59. The van der Waals surface area contributed by atoms with Crippen molar-refractivity contribution in [2.45, 2.75) is 26.2 Å². The number of nitrogens with zero attached hydrogens (tertiary/aromatic N) is 2. The van der Waals surface area contributed by atoms with E-state index in [0.29, 0.717) is 12.1 Å². The molecule has 0 aromatic heterocycles. The largest absolute Gasteiger partial charge is 0.387 e. The number of nitrogens with two attached hydrogens (primary N) is 1. The summed E-state index contributed by atoms with van der Waals surface area (Å²) in [6.45, 7) is 2.02. The zero-order valence-electron chi connectivity index (χ0n) is 10.6. The average molecular weight is 264 g/mol. The highest BCUT2D eigenvalue weighted by atomic mass is 16.6. The van der Waals surface area contributed by atoms with Gasteiger partial charge in [0, 0.05) is 24.2 Å². The van der Waals surface area contributed by atoms with Gasteiger partial charge in [0.2, 0.25) is 0 Å². The summed E-state index contributed by atoms with van der Waals surface area (Å²) >= 11 is 0. The SMILES string of the molecule is CCCCC(N)=NC(=O)Nc1ccc([N+](=O)[O-])cc1. The van der Waals surface area contributed by atoms with Gasteiger partial charge >= 0.3 is 6.03 Å². The van der Waals surface area contributed by atoms with E-state index in [-0.39, 0.29) is 11.5 Å². The van der Waals surface area contributed by atoms with Gasteiger partial charge < -0.3 is 11.1 Å². The van der Waals surface area contributed by atoms with E-state index < -0.39 is 11.0 Å². The molecule has 1 rings (SSSR count). The van der Waals surface area contributed by atoms with E-state index >= 15 is 0 Å². The molecule has 0 spiro atoms. The van der Waals surface area contributed by atoms with Crippen LogP contribution in [0.5, 0.6) is 0 Å². The summed E-state index contributed by atoms with van der Waals surface area (Å²) in [6.07, 6.45) is 2.42. The fourth-order valence-corrected chi connectivity index (χ4v) is 1.36. The number of unbranched alkanes of at least 4 members (excludes halogenated alkanes) is 1. The molecule has 0 aliphatic rings. The molecule has 0 saturated heterocycles.